The number of benzene rings is 1. The van der Waals surface area contributed by atoms with Gasteiger partial charge in [0, 0.05) is 23.7 Å². The predicted molar refractivity (Wildman–Crippen MR) is 72.5 cm³/mol. The van der Waals surface area contributed by atoms with Crippen molar-refractivity contribution in [2.45, 2.75) is 25.3 Å². The van der Waals surface area contributed by atoms with Gasteiger partial charge in [-0.2, -0.15) is 0 Å². The zero-order valence-electron chi connectivity index (χ0n) is 10.2. The maximum Gasteiger partial charge on any atom is 0.127 e. The molecule has 1 atom stereocenters. The third kappa shape index (κ3) is 3.51. The molecule has 18 heavy (non-hydrogen) atoms. The molecule has 1 unspecified atom stereocenters. The Hall–Kier alpha value is -0.490. The summed E-state index contributed by atoms with van der Waals surface area (Å²) in [5.41, 5.74) is 3.53. The molecule has 0 radical (unpaired) electrons. The van der Waals surface area contributed by atoms with E-state index in [4.69, 9.17) is 10.6 Å². The first-order chi connectivity index (χ1) is 8.70. The van der Waals surface area contributed by atoms with Gasteiger partial charge in [-0.05, 0) is 42.9 Å². The van der Waals surface area contributed by atoms with Gasteiger partial charge in [0.15, 0.2) is 0 Å². The number of hydrogen-bond donors (Lipinski definition) is 2. The predicted octanol–water partition coefficient (Wildman–Crippen LogP) is 2.39. The minimum absolute atomic E-state index is 0.101. The molecule has 1 saturated heterocycles. The second kappa shape index (κ2) is 6.61. The van der Waals surface area contributed by atoms with Crippen LogP contribution in [-0.4, -0.2) is 19.3 Å². The van der Waals surface area contributed by atoms with Gasteiger partial charge in [0.05, 0.1) is 0 Å². The number of halogens is 2. The fraction of sp³-hybridized carbons (Fsp3) is 0.538. The summed E-state index contributed by atoms with van der Waals surface area (Å²) in [6.07, 6.45) is 2.57. The van der Waals surface area contributed by atoms with Crippen LogP contribution < -0.4 is 11.3 Å². The van der Waals surface area contributed by atoms with Crippen molar-refractivity contribution in [3.63, 3.8) is 0 Å². The topological polar surface area (TPSA) is 47.3 Å². The molecule has 0 saturated carbocycles. The molecule has 0 amide bonds. The van der Waals surface area contributed by atoms with Gasteiger partial charge in [-0.1, -0.05) is 22.0 Å². The summed E-state index contributed by atoms with van der Waals surface area (Å²) in [6.45, 7) is 1.54. The molecule has 0 aromatic heterocycles. The Kier molecular flexibility index (Phi) is 5.12. The van der Waals surface area contributed by atoms with E-state index >= 15 is 0 Å². The molecule has 1 aromatic carbocycles. The maximum atomic E-state index is 13.8. The summed E-state index contributed by atoms with van der Waals surface area (Å²) < 4.78 is 19.9. The normalized spacial score (nSPS) is 18.8. The van der Waals surface area contributed by atoms with Crippen LogP contribution in [0.3, 0.4) is 0 Å². The molecule has 3 N–H and O–H groups in total. The summed E-state index contributed by atoms with van der Waals surface area (Å²) in [4.78, 5) is 0. The zero-order chi connectivity index (χ0) is 13.0. The first kappa shape index (κ1) is 13.9. The first-order valence-electron chi connectivity index (χ1n) is 6.18. The molecule has 1 aromatic rings. The van der Waals surface area contributed by atoms with Crippen molar-refractivity contribution in [3.05, 3.63) is 34.1 Å². The van der Waals surface area contributed by atoms with Crippen LogP contribution in [0.15, 0.2) is 22.7 Å². The molecule has 5 heteroatoms. The SMILES string of the molecule is NNC(Cc1ccc(Br)cc1F)C1CCOCC1. The van der Waals surface area contributed by atoms with Gasteiger partial charge in [0.2, 0.25) is 0 Å². The fourth-order valence-electron chi connectivity index (χ4n) is 2.40. The van der Waals surface area contributed by atoms with E-state index in [0.29, 0.717) is 17.9 Å². The number of ether oxygens (including phenoxy) is 1. The van der Waals surface area contributed by atoms with Crippen LogP contribution in [0.5, 0.6) is 0 Å². The van der Waals surface area contributed by atoms with Crippen molar-refractivity contribution < 1.29 is 9.13 Å². The lowest BCUT2D eigenvalue weighted by molar-refractivity contribution is 0.0537. The third-order valence-corrected chi connectivity index (χ3v) is 4.00. The molecule has 3 nitrogen and oxygen atoms in total. The third-order valence-electron chi connectivity index (χ3n) is 3.50. The minimum Gasteiger partial charge on any atom is -0.381 e. The lowest BCUT2D eigenvalue weighted by Crippen LogP contribution is -2.44. The van der Waals surface area contributed by atoms with Crippen LogP contribution in [0.4, 0.5) is 4.39 Å². The van der Waals surface area contributed by atoms with Crippen LogP contribution in [0.1, 0.15) is 18.4 Å². The van der Waals surface area contributed by atoms with E-state index < -0.39 is 0 Å². The number of hydrogen-bond acceptors (Lipinski definition) is 3. The highest BCUT2D eigenvalue weighted by molar-refractivity contribution is 9.10. The molecule has 1 aliphatic rings. The Bertz CT molecular complexity index is 397. The number of nitrogens with one attached hydrogen (secondary N) is 1. The molecular formula is C13H18BrFN2O. The fourth-order valence-corrected chi connectivity index (χ4v) is 2.74. The second-order valence-electron chi connectivity index (χ2n) is 4.66. The minimum atomic E-state index is -0.184. The van der Waals surface area contributed by atoms with Gasteiger partial charge in [-0.25, -0.2) is 4.39 Å². The van der Waals surface area contributed by atoms with E-state index in [1.165, 1.54) is 6.07 Å². The summed E-state index contributed by atoms with van der Waals surface area (Å²) >= 11 is 3.26. The van der Waals surface area contributed by atoms with E-state index in [-0.39, 0.29) is 11.9 Å². The summed E-state index contributed by atoms with van der Waals surface area (Å²) in [5.74, 6) is 5.88. The van der Waals surface area contributed by atoms with Gasteiger partial charge in [0.1, 0.15) is 5.82 Å². The van der Waals surface area contributed by atoms with Crippen LogP contribution in [0.25, 0.3) is 0 Å². The van der Waals surface area contributed by atoms with Gasteiger partial charge in [-0.15, -0.1) is 0 Å². The quantitative estimate of drug-likeness (QED) is 0.662. The van der Waals surface area contributed by atoms with E-state index in [1.807, 2.05) is 12.1 Å². The van der Waals surface area contributed by atoms with Crippen LogP contribution in [0, 0.1) is 11.7 Å². The monoisotopic (exact) mass is 316 g/mol. The molecule has 1 heterocycles. The van der Waals surface area contributed by atoms with Gasteiger partial charge in [-0.3, -0.25) is 11.3 Å². The Labute approximate surface area is 115 Å². The van der Waals surface area contributed by atoms with Crippen molar-refractivity contribution in [2.75, 3.05) is 13.2 Å². The van der Waals surface area contributed by atoms with Crippen molar-refractivity contribution in [3.8, 4) is 0 Å². The first-order valence-corrected chi connectivity index (χ1v) is 6.98. The average Bonchev–Trinajstić information content (AvgIpc) is 2.39. The lowest BCUT2D eigenvalue weighted by atomic mass is 9.88. The van der Waals surface area contributed by atoms with Crippen molar-refractivity contribution in [1.82, 2.24) is 5.43 Å². The molecule has 0 spiro atoms. The molecule has 1 fully saturated rings. The maximum absolute atomic E-state index is 13.8. The molecule has 100 valence electrons. The zero-order valence-corrected chi connectivity index (χ0v) is 11.7. The number of hydrazine groups is 1. The van der Waals surface area contributed by atoms with E-state index in [9.17, 15) is 4.39 Å². The Morgan fingerprint density at radius 3 is 2.78 bits per heavy atom. The molecule has 2 rings (SSSR count). The van der Waals surface area contributed by atoms with Crippen molar-refractivity contribution in [1.29, 1.82) is 0 Å². The Morgan fingerprint density at radius 2 is 2.17 bits per heavy atom. The highest BCUT2D eigenvalue weighted by Gasteiger charge is 2.24. The smallest absolute Gasteiger partial charge is 0.127 e. The molecule has 1 aliphatic heterocycles. The summed E-state index contributed by atoms with van der Waals surface area (Å²) in [7, 11) is 0. The van der Waals surface area contributed by atoms with Crippen LogP contribution in [-0.2, 0) is 11.2 Å². The number of nitrogens with two attached hydrogens (primary N) is 1. The standard InChI is InChI=1S/C13H18BrFN2O/c14-11-2-1-10(12(15)8-11)7-13(17-16)9-3-5-18-6-4-9/h1-2,8-9,13,17H,3-7,16H2. The Morgan fingerprint density at radius 1 is 1.44 bits per heavy atom. The van der Waals surface area contributed by atoms with Gasteiger partial charge >= 0.3 is 0 Å². The van der Waals surface area contributed by atoms with Crippen molar-refractivity contribution in [2.24, 2.45) is 11.8 Å². The summed E-state index contributed by atoms with van der Waals surface area (Å²) in [5, 5.41) is 0. The lowest BCUT2D eigenvalue weighted by Gasteiger charge is -2.30. The Balaban J connectivity index is 2.04. The molecule has 0 bridgehead atoms. The second-order valence-corrected chi connectivity index (χ2v) is 5.58. The number of rotatable bonds is 4. The highest BCUT2D eigenvalue weighted by Crippen LogP contribution is 2.23. The van der Waals surface area contributed by atoms with Crippen LogP contribution in [0.2, 0.25) is 0 Å². The van der Waals surface area contributed by atoms with E-state index in [2.05, 4.69) is 21.4 Å². The average molecular weight is 317 g/mol. The molecule has 0 aliphatic carbocycles. The highest BCUT2D eigenvalue weighted by atomic mass is 79.9. The van der Waals surface area contributed by atoms with Gasteiger partial charge in [0.25, 0.3) is 0 Å². The van der Waals surface area contributed by atoms with Crippen molar-refractivity contribution >= 4 is 15.9 Å². The largest absolute Gasteiger partial charge is 0.381 e. The van der Waals surface area contributed by atoms with Crippen LogP contribution >= 0.6 is 15.9 Å². The summed E-state index contributed by atoms with van der Waals surface area (Å²) in [6, 6.07) is 5.26. The van der Waals surface area contributed by atoms with Gasteiger partial charge < -0.3 is 4.74 Å². The molecular weight excluding hydrogens is 299 g/mol. The van der Waals surface area contributed by atoms with E-state index in [0.717, 1.165) is 30.5 Å². The van der Waals surface area contributed by atoms with E-state index in [1.54, 1.807) is 0 Å².